The van der Waals surface area contributed by atoms with Crippen LogP contribution in [0.15, 0.2) is 18.2 Å². The minimum Gasteiger partial charge on any atom is -0.478 e. The highest BCUT2D eigenvalue weighted by molar-refractivity contribution is 5.98. The first-order chi connectivity index (χ1) is 8.02. The fourth-order valence-electron chi connectivity index (χ4n) is 2.01. The van der Waals surface area contributed by atoms with Crippen LogP contribution in [0.2, 0.25) is 0 Å². The molecule has 0 bridgehead atoms. The van der Waals surface area contributed by atoms with Crippen LogP contribution in [0.25, 0.3) is 10.9 Å². The van der Waals surface area contributed by atoms with Crippen LogP contribution in [-0.4, -0.2) is 23.1 Å². The van der Waals surface area contributed by atoms with Crippen molar-refractivity contribution in [1.29, 1.82) is 0 Å². The van der Waals surface area contributed by atoms with Crippen molar-refractivity contribution >= 4 is 22.7 Å². The molecule has 0 spiro atoms. The van der Waals surface area contributed by atoms with E-state index >= 15 is 0 Å². The minimum atomic E-state index is -0.970. The molecule has 2 aromatic rings. The van der Waals surface area contributed by atoms with Crippen LogP contribution in [-0.2, 0) is 0 Å². The normalized spacial score (nSPS) is 10.5. The maximum absolute atomic E-state index is 11.1. The molecule has 0 radical (unpaired) electrons. The van der Waals surface area contributed by atoms with Gasteiger partial charge in [0.25, 0.3) is 0 Å². The number of anilines is 1. The molecule has 4 heteroatoms. The number of aromatic nitrogens is 1. The van der Waals surface area contributed by atoms with E-state index in [0.29, 0.717) is 5.82 Å². The quantitative estimate of drug-likeness (QED) is 0.832. The van der Waals surface area contributed by atoms with E-state index in [9.17, 15) is 4.79 Å². The van der Waals surface area contributed by atoms with Gasteiger partial charge in [-0.25, -0.2) is 9.78 Å². The highest BCUT2D eigenvalue weighted by atomic mass is 16.4. The molecule has 1 aromatic heterocycles. The Morgan fingerprint density at radius 3 is 2.59 bits per heavy atom. The van der Waals surface area contributed by atoms with Crippen molar-refractivity contribution in [2.75, 3.05) is 12.4 Å². The van der Waals surface area contributed by atoms with Gasteiger partial charge in [-0.05, 0) is 31.5 Å². The third-order valence-electron chi connectivity index (χ3n) is 2.72. The van der Waals surface area contributed by atoms with Gasteiger partial charge in [0.15, 0.2) is 0 Å². The maximum atomic E-state index is 11.1. The number of carbonyl (C=O) groups is 1. The van der Waals surface area contributed by atoms with Crippen LogP contribution < -0.4 is 5.32 Å². The summed E-state index contributed by atoms with van der Waals surface area (Å²) < 4.78 is 0. The van der Waals surface area contributed by atoms with Gasteiger partial charge >= 0.3 is 5.97 Å². The van der Waals surface area contributed by atoms with E-state index in [2.05, 4.69) is 10.3 Å². The molecule has 4 nitrogen and oxygen atoms in total. The first kappa shape index (κ1) is 11.4. The average Bonchev–Trinajstić information content (AvgIpc) is 2.27. The molecule has 0 aliphatic heterocycles. The summed E-state index contributed by atoms with van der Waals surface area (Å²) in [6, 6.07) is 5.65. The Bertz CT molecular complexity index is 606. The summed E-state index contributed by atoms with van der Waals surface area (Å²) >= 11 is 0. The number of nitrogens with one attached hydrogen (secondary N) is 1. The number of pyridine rings is 1. The number of aryl methyl sites for hydroxylation is 2. The lowest BCUT2D eigenvalue weighted by Crippen LogP contribution is -2.05. The number of hydrogen-bond acceptors (Lipinski definition) is 3. The van der Waals surface area contributed by atoms with Crippen molar-refractivity contribution in [2.45, 2.75) is 13.8 Å². The zero-order valence-electron chi connectivity index (χ0n) is 10.0. The third-order valence-corrected chi connectivity index (χ3v) is 2.72. The van der Waals surface area contributed by atoms with Crippen molar-refractivity contribution < 1.29 is 9.90 Å². The number of nitrogens with zero attached hydrogens (tertiary/aromatic N) is 1. The van der Waals surface area contributed by atoms with Gasteiger partial charge in [-0.3, -0.25) is 0 Å². The van der Waals surface area contributed by atoms with Crippen molar-refractivity contribution in [2.24, 2.45) is 0 Å². The molecule has 0 amide bonds. The largest absolute Gasteiger partial charge is 0.478 e. The monoisotopic (exact) mass is 230 g/mol. The Morgan fingerprint density at radius 2 is 2.00 bits per heavy atom. The van der Waals surface area contributed by atoms with Crippen molar-refractivity contribution in [3.05, 3.63) is 34.9 Å². The van der Waals surface area contributed by atoms with Crippen molar-refractivity contribution in [3.63, 3.8) is 0 Å². The van der Waals surface area contributed by atoms with E-state index in [4.69, 9.17) is 5.11 Å². The second-order valence-electron chi connectivity index (χ2n) is 4.09. The first-order valence-electron chi connectivity index (χ1n) is 5.36. The van der Waals surface area contributed by atoms with E-state index in [1.807, 2.05) is 26.0 Å². The van der Waals surface area contributed by atoms with E-state index in [1.54, 1.807) is 13.1 Å². The minimum absolute atomic E-state index is 0.199. The molecule has 1 heterocycles. The molecule has 17 heavy (non-hydrogen) atoms. The third kappa shape index (κ3) is 1.93. The first-order valence-corrected chi connectivity index (χ1v) is 5.36. The Morgan fingerprint density at radius 1 is 1.29 bits per heavy atom. The van der Waals surface area contributed by atoms with E-state index in [-0.39, 0.29) is 5.56 Å². The molecular formula is C13H14N2O2. The summed E-state index contributed by atoms with van der Waals surface area (Å²) in [5.74, 6) is -0.570. The summed E-state index contributed by atoms with van der Waals surface area (Å²) in [5, 5.41) is 12.8. The van der Waals surface area contributed by atoms with Crippen LogP contribution in [0.3, 0.4) is 0 Å². The smallest absolute Gasteiger partial charge is 0.339 e. The molecule has 0 atom stereocenters. The molecule has 2 N–H and O–H groups in total. The van der Waals surface area contributed by atoms with E-state index < -0.39 is 5.97 Å². The van der Waals surface area contributed by atoms with Crippen molar-refractivity contribution in [3.8, 4) is 0 Å². The Balaban J connectivity index is 2.83. The predicted molar refractivity (Wildman–Crippen MR) is 67.7 cm³/mol. The second kappa shape index (κ2) is 4.05. The lowest BCUT2D eigenvalue weighted by molar-refractivity contribution is 0.0698. The molecule has 0 fully saturated rings. The summed E-state index contributed by atoms with van der Waals surface area (Å²) in [7, 11) is 1.67. The highest BCUT2D eigenvalue weighted by Gasteiger charge is 2.13. The molecule has 2 rings (SSSR count). The maximum Gasteiger partial charge on any atom is 0.339 e. The lowest BCUT2D eigenvalue weighted by atomic mass is 10.0. The fraction of sp³-hybridized carbons (Fsp3) is 0.231. The van der Waals surface area contributed by atoms with Gasteiger partial charge in [-0.15, -0.1) is 0 Å². The standard InChI is InChI=1S/C13H14N2O2/c1-7-4-8(2)11-9(5-7)6-10(13(16)17)12(14-3)15-11/h4-6H,1-3H3,(H,14,15)(H,16,17). The zero-order valence-corrected chi connectivity index (χ0v) is 10.0. The van der Waals surface area contributed by atoms with Gasteiger partial charge in [0.2, 0.25) is 0 Å². The van der Waals surface area contributed by atoms with E-state index in [1.165, 1.54) is 0 Å². The van der Waals surface area contributed by atoms with Gasteiger partial charge in [0.05, 0.1) is 5.52 Å². The number of carboxylic acid groups (broad SMARTS) is 1. The Kier molecular flexibility index (Phi) is 2.71. The number of benzene rings is 1. The van der Waals surface area contributed by atoms with Gasteiger partial charge in [0.1, 0.15) is 11.4 Å². The van der Waals surface area contributed by atoms with Crippen LogP contribution >= 0.6 is 0 Å². The molecule has 0 aliphatic rings. The molecular weight excluding hydrogens is 216 g/mol. The molecule has 0 saturated carbocycles. The van der Waals surface area contributed by atoms with Crippen LogP contribution in [0.5, 0.6) is 0 Å². The number of rotatable bonds is 2. The summed E-state index contributed by atoms with van der Waals surface area (Å²) in [5.41, 5.74) is 3.19. The summed E-state index contributed by atoms with van der Waals surface area (Å²) in [6.07, 6.45) is 0. The zero-order chi connectivity index (χ0) is 12.6. The topological polar surface area (TPSA) is 62.2 Å². The number of fused-ring (bicyclic) bond motifs is 1. The molecule has 0 unspecified atom stereocenters. The number of carboxylic acids is 1. The Hall–Kier alpha value is -2.10. The second-order valence-corrected chi connectivity index (χ2v) is 4.09. The highest BCUT2D eigenvalue weighted by Crippen LogP contribution is 2.24. The van der Waals surface area contributed by atoms with Gasteiger partial charge in [-0.2, -0.15) is 0 Å². The SMILES string of the molecule is CNc1nc2c(C)cc(C)cc2cc1C(=O)O. The molecule has 88 valence electrons. The lowest BCUT2D eigenvalue weighted by Gasteiger charge is -2.09. The van der Waals surface area contributed by atoms with Crippen LogP contribution in [0.1, 0.15) is 21.5 Å². The molecule has 1 aromatic carbocycles. The van der Waals surface area contributed by atoms with E-state index in [0.717, 1.165) is 22.0 Å². The number of hydrogen-bond donors (Lipinski definition) is 2. The van der Waals surface area contributed by atoms with Gasteiger partial charge in [0, 0.05) is 12.4 Å². The predicted octanol–water partition coefficient (Wildman–Crippen LogP) is 2.59. The molecule has 0 aliphatic carbocycles. The Labute approximate surface area is 99.3 Å². The van der Waals surface area contributed by atoms with Gasteiger partial charge in [-0.1, -0.05) is 11.6 Å². The average molecular weight is 230 g/mol. The number of aromatic carboxylic acids is 1. The molecule has 0 saturated heterocycles. The summed E-state index contributed by atoms with van der Waals surface area (Å²) in [6.45, 7) is 3.96. The van der Waals surface area contributed by atoms with Crippen LogP contribution in [0.4, 0.5) is 5.82 Å². The summed E-state index contributed by atoms with van der Waals surface area (Å²) in [4.78, 5) is 15.5. The fourth-order valence-corrected chi connectivity index (χ4v) is 2.01. The van der Waals surface area contributed by atoms with Gasteiger partial charge < -0.3 is 10.4 Å². The van der Waals surface area contributed by atoms with Crippen LogP contribution in [0, 0.1) is 13.8 Å². The van der Waals surface area contributed by atoms with Crippen molar-refractivity contribution in [1.82, 2.24) is 4.98 Å².